The van der Waals surface area contributed by atoms with Gasteiger partial charge in [-0.25, -0.2) is 0 Å². The van der Waals surface area contributed by atoms with Crippen LogP contribution in [0.1, 0.15) is 39.0 Å². The van der Waals surface area contributed by atoms with Crippen LogP contribution in [-0.4, -0.2) is 27.8 Å². The van der Waals surface area contributed by atoms with E-state index in [-0.39, 0.29) is 11.8 Å². The second-order valence-electron chi connectivity index (χ2n) is 4.47. The molecule has 0 amide bonds. The number of aliphatic carboxylic acids is 1. The molecule has 2 N–H and O–H groups in total. The van der Waals surface area contributed by atoms with Crippen LogP contribution >= 0.6 is 7.37 Å². The summed E-state index contributed by atoms with van der Waals surface area (Å²) in [5, 5.41) is 8.71. The summed E-state index contributed by atoms with van der Waals surface area (Å²) in [6.07, 6.45) is 4.60. The van der Waals surface area contributed by atoms with Crippen molar-refractivity contribution in [2.75, 3.05) is 6.16 Å². The first-order chi connectivity index (χ1) is 6.93. The van der Waals surface area contributed by atoms with Gasteiger partial charge in [0.15, 0.2) is 0 Å². The Morgan fingerprint density at radius 1 is 1.40 bits per heavy atom. The highest BCUT2D eigenvalue weighted by atomic mass is 31.2. The highest BCUT2D eigenvalue weighted by Crippen LogP contribution is 2.53. The molecule has 88 valence electrons. The smallest absolute Gasteiger partial charge is 0.306 e. The van der Waals surface area contributed by atoms with Crippen LogP contribution in [0.5, 0.6) is 0 Å². The third-order valence-electron chi connectivity index (χ3n) is 3.10. The topological polar surface area (TPSA) is 74.6 Å². The number of rotatable bonds is 4. The van der Waals surface area contributed by atoms with Crippen molar-refractivity contribution in [1.29, 1.82) is 0 Å². The van der Waals surface area contributed by atoms with Crippen molar-refractivity contribution in [1.82, 2.24) is 0 Å². The van der Waals surface area contributed by atoms with Crippen LogP contribution in [0.25, 0.3) is 0 Å². The fraction of sp³-hybridized carbons (Fsp3) is 0.900. The zero-order chi connectivity index (χ0) is 11.5. The summed E-state index contributed by atoms with van der Waals surface area (Å²) >= 11 is 0. The van der Waals surface area contributed by atoms with Gasteiger partial charge in [0.25, 0.3) is 0 Å². The first kappa shape index (κ1) is 12.7. The maximum Gasteiger partial charge on any atom is 0.306 e. The number of hydrogen-bond donors (Lipinski definition) is 2. The summed E-state index contributed by atoms with van der Waals surface area (Å²) in [5.41, 5.74) is -0.159. The molecule has 15 heavy (non-hydrogen) atoms. The molecule has 2 unspecified atom stereocenters. The van der Waals surface area contributed by atoms with Gasteiger partial charge in [-0.15, -0.1) is 0 Å². The first-order valence-corrected chi connectivity index (χ1v) is 7.39. The van der Waals surface area contributed by atoms with Gasteiger partial charge in [-0.05, 0) is 12.8 Å². The van der Waals surface area contributed by atoms with Crippen molar-refractivity contribution < 1.29 is 19.4 Å². The SMILES string of the molecule is CC(CP(=O)(O)C1CCCCC1)C(=O)O. The van der Waals surface area contributed by atoms with Gasteiger partial charge in [-0.2, -0.15) is 0 Å². The van der Waals surface area contributed by atoms with Crippen molar-refractivity contribution in [3.05, 3.63) is 0 Å². The van der Waals surface area contributed by atoms with Crippen LogP contribution < -0.4 is 0 Å². The Morgan fingerprint density at radius 2 is 1.93 bits per heavy atom. The van der Waals surface area contributed by atoms with E-state index in [0.717, 1.165) is 32.1 Å². The third kappa shape index (κ3) is 3.62. The molecule has 0 aromatic rings. The lowest BCUT2D eigenvalue weighted by molar-refractivity contribution is -0.140. The molecule has 0 aromatic heterocycles. The summed E-state index contributed by atoms with van der Waals surface area (Å²) in [4.78, 5) is 20.5. The molecule has 1 saturated carbocycles. The Balaban J connectivity index is 2.56. The molecule has 0 aliphatic heterocycles. The van der Waals surface area contributed by atoms with Crippen molar-refractivity contribution >= 4 is 13.3 Å². The van der Waals surface area contributed by atoms with Crippen molar-refractivity contribution in [3.8, 4) is 0 Å². The van der Waals surface area contributed by atoms with E-state index in [1.807, 2.05) is 0 Å². The largest absolute Gasteiger partial charge is 0.481 e. The molecule has 1 fully saturated rings. The lowest BCUT2D eigenvalue weighted by Gasteiger charge is -2.27. The monoisotopic (exact) mass is 234 g/mol. The average Bonchev–Trinajstić information content (AvgIpc) is 2.18. The molecule has 1 aliphatic carbocycles. The Labute approximate surface area is 90.1 Å². The van der Waals surface area contributed by atoms with Crippen molar-refractivity contribution in [2.24, 2.45) is 5.92 Å². The van der Waals surface area contributed by atoms with Gasteiger partial charge < -0.3 is 10.00 Å². The molecule has 0 heterocycles. The Kier molecular flexibility index (Phi) is 4.35. The van der Waals surface area contributed by atoms with Crippen LogP contribution in [0.2, 0.25) is 0 Å². The summed E-state index contributed by atoms with van der Waals surface area (Å²) < 4.78 is 12.0. The minimum absolute atomic E-state index is 0.0764. The second kappa shape index (κ2) is 5.13. The Hall–Kier alpha value is -0.340. The summed E-state index contributed by atoms with van der Waals surface area (Å²) in [6.45, 7) is 1.49. The fourth-order valence-electron chi connectivity index (χ4n) is 2.10. The van der Waals surface area contributed by atoms with Crippen LogP contribution in [0, 0.1) is 5.92 Å². The van der Waals surface area contributed by atoms with E-state index >= 15 is 0 Å². The minimum Gasteiger partial charge on any atom is -0.481 e. The second-order valence-corrected chi connectivity index (χ2v) is 7.08. The van der Waals surface area contributed by atoms with E-state index in [9.17, 15) is 14.3 Å². The molecular formula is C10H19O4P. The van der Waals surface area contributed by atoms with Crippen LogP contribution in [0.3, 0.4) is 0 Å². The summed E-state index contributed by atoms with van der Waals surface area (Å²) in [7, 11) is -3.26. The lowest BCUT2D eigenvalue weighted by Crippen LogP contribution is -2.21. The van der Waals surface area contributed by atoms with E-state index in [4.69, 9.17) is 5.11 Å². The standard InChI is InChI=1S/C10H19O4P/c1-8(10(11)12)7-15(13,14)9-5-3-2-4-6-9/h8-9H,2-7H2,1H3,(H,11,12)(H,13,14). The maximum absolute atomic E-state index is 12.0. The van der Waals surface area contributed by atoms with E-state index in [1.165, 1.54) is 6.92 Å². The molecule has 1 rings (SSSR count). The maximum atomic E-state index is 12.0. The van der Waals surface area contributed by atoms with Crippen LogP contribution in [-0.2, 0) is 9.36 Å². The zero-order valence-electron chi connectivity index (χ0n) is 9.06. The molecule has 0 bridgehead atoms. The van der Waals surface area contributed by atoms with Gasteiger partial charge in [0.2, 0.25) is 7.37 Å². The van der Waals surface area contributed by atoms with Crippen molar-refractivity contribution in [2.45, 2.75) is 44.7 Å². The number of carbonyl (C=O) groups is 1. The average molecular weight is 234 g/mol. The predicted molar refractivity (Wildman–Crippen MR) is 58.4 cm³/mol. The van der Waals surface area contributed by atoms with Crippen LogP contribution in [0.4, 0.5) is 0 Å². The fourth-order valence-corrected chi connectivity index (χ4v) is 4.52. The quantitative estimate of drug-likeness (QED) is 0.732. The minimum atomic E-state index is -3.26. The molecule has 2 atom stereocenters. The zero-order valence-corrected chi connectivity index (χ0v) is 9.95. The lowest BCUT2D eigenvalue weighted by atomic mass is 10.0. The van der Waals surface area contributed by atoms with E-state index in [2.05, 4.69) is 0 Å². The van der Waals surface area contributed by atoms with Crippen molar-refractivity contribution in [3.63, 3.8) is 0 Å². The van der Waals surface area contributed by atoms with E-state index in [0.29, 0.717) is 0 Å². The van der Waals surface area contributed by atoms with Gasteiger partial charge in [0.05, 0.1) is 5.92 Å². The normalized spacial score (nSPS) is 24.4. The summed E-state index contributed by atoms with van der Waals surface area (Å²) in [5.74, 6) is -1.71. The molecule has 0 spiro atoms. The number of hydrogen-bond acceptors (Lipinski definition) is 2. The van der Waals surface area contributed by atoms with Gasteiger partial charge in [-0.3, -0.25) is 9.36 Å². The highest BCUT2D eigenvalue weighted by molar-refractivity contribution is 7.58. The van der Waals surface area contributed by atoms with Crippen LogP contribution in [0.15, 0.2) is 0 Å². The summed E-state index contributed by atoms with van der Waals surface area (Å²) in [6, 6.07) is 0. The number of carboxylic acid groups (broad SMARTS) is 1. The van der Waals surface area contributed by atoms with E-state index < -0.39 is 19.3 Å². The highest BCUT2D eigenvalue weighted by Gasteiger charge is 2.34. The number of carboxylic acids is 1. The molecule has 1 aliphatic rings. The molecule has 0 radical (unpaired) electrons. The molecular weight excluding hydrogens is 215 g/mol. The van der Waals surface area contributed by atoms with E-state index in [1.54, 1.807) is 0 Å². The Morgan fingerprint density at radius 3 is 2.40 bits per heavy atom. The molecule has 0 aromatic carbocycles. The van der Waals surface area contributed by atoms with Gasteiger partial charge in [-0.1, -0.05) is 26.2 Å². The van der Waals surface area contributed by atoms with Gasteiger partial charge in [0, 0.05) is 11.8 Å². The Bertz CT molecular complexity index is 271. The first-order valence-electron chi connectivity index (χ1n) is 5.48. The third-order valence-corrected chi connectivity index (χ3v) is 5.83. The molecule has 4 nitrogen and oxygen atoms in total. The van der Waals surface area contributed by atoms with Gasteiger partial charge in [0.1, 0.15) is 0 Å². The molecule has 5 heteroatoms. The van der Waals surface area contributed by atoms with Gasteiger partial charge >= 0.3 is 5.97 Å². The predicted octanol–water partition coefficient (Wildman–Crippen LogP) is 2.31. The molecule has 0 saturated heterocycles.